The number of halogens is 3. The lowest BCUT2D eigenvalue weighted by Gasteiger charge is -2.11. The highest BCUT2D eigenvalue weighted by molar-refractivity contribution is 9.10. The smallest absolute Gasteiger partial charge is 0.299 e. The molecule has 0 radical (unpaired) electrons. The van der Waals surface area contributed by atoms with Crippen molar-refractivity contribution < 1.29 is 0 Å². The largest absolute Gasteiger partial charge is 0.331 e. The molecule has 0 unspecified atom stereocenters. The summed E-state index contributed by atoms with van der Waals surface area (Å²) in [6.07, 6.45) is 7.65. The molecule has 0 N–H and O–H groups in total. The summed E-state index contributed by atoms with van der Waals surface area (Å²) in [4.78, 5) is 24.4. The molecule has 120 valence electrons. The molecule has 1 heterocycles. The van der Waals surface area contributed by atoms with Gasteiger partial charge in [0.25, 0.3) is 5.56 Å². The van der Waals surface area contributed by atoms with Gasteiger partial charge in [-0.1, -0.05) is 44.7 Å². The molecule has 0 aliphatic carbocycles. The first kappa shape index (κ1) is 19.2. The van der Waals surface area contributed by atoms with Crippen molar-refractivity contribution in [2.75, 3.05) is 10.7 Å². The van der Waals surface area contributed by atoms with E-state index < -0.39 is 0 Å². The lowest BCUT2D eigenvalue weighted by atomic mass is 10.2. The molecule has 0 saturated carbocycles. The van der Waals surface area contributed by atoms with Crippen LogP contribution in [0.2, 0.25) is 0 Å². The maximum Gasteiger partial charge on any atom is 0.331 e. The molecule has 21 heavy (non-hydrogen) atoms. The Morgan fingerprint density at radius 3 is 2.00 bits per heavy atom. The van der Waals surface area contributed by atoms with Crippen LogP contribution in [0.5, 0.6) is 0 Å². The van der Waals surface area contributed by atoms with E-state index in [2.05, 4.69) is 47.8 Å². The van der Waals surface area contributed by atoms with Crippen LogP contribution in [0.15, 0.2) is 20.3 Å². The second-order valence-electron chi connectivity index (χ2n) is 4.91. The summed E-state index contributed by atoms with van der Waals surface area (Å²) >= 11 is 10.1. The van der Waals surface area contributed by atoms with E-state index in [0.717, 1.165) is 49.2 Å². The predicted octanol–water partition coefficient (Wildman–Crippen LogP) is 3.90. The fraction of sp³-hybridized carbons (Fsp3) is 0.714. The van der Waals surface area contributed by atoms with Gasteiger partial charge in [0.2, 0.25) is 0 Å². The van der Waals surface area contributed by atoms with Gasteiger partial charge in [0, 0.05) is 29.9 Å². The summed E-state index contributed by atoms with van der Waals surface area (Å²) < 4.78 is 3.45. The van der Waals surface area contributed by atoms with Crippen molar-refractivity contribution in [1.82, 2.24) is 9.13 Å². The molecule has 7 heteroatoms. The highest BCUT2D eigenvalue weighted by Crippen LogP contribution is 2.05. The second kappa shape index (κ2) is 10.8. The van der Waals surface area contributed by atoms with Crippen LogP contribution in [0.1, 0.15) is 38.5 Å². The minimum atomic E-state index is -0.226. The average molecular weight is 489 g/mol. The molecule has 0 aromatic carbocycles. The third-order valence-electron chi connectivity index (χ3n) is 3.24. The van der Waals surface area contributed by atoms with Crippen LogP contribution in [-0.4, -0.2) is 19.8 Å². The minimum Gasteiger partial charge on any atom is -0.299 e. The van der Waals surface area contributed by atoms with Crippen molar-refractivity contribution in [3.63, 3.8) is 0 Å². The van der Waals surface area contributed by atoms with Gasteiger partial charge in [-0.25, -0.2) is 4.79 Å². The molecule has 0 amide bonds. The van der Waals surface area contributed by atoms with Gasteiger partial charge in [-0.2, -0.15) is 0 Å². The van der Waals surface area contributed by atoms with Gasteiger partial charge in [-0.15, -0.1) is 0 Å². The van der Waals surface area contributed by atoms with Crippen LogP contribution in [0.25, 0.3) is 0 Å². The lowest BCUT2D eigenvalue weighted by Crippen LogP contribution is -2.40. The molecule has 0 aliphatic rings. The Kier molecular flexibility index (Phi) is 9.84. The van der Waals surface area contributed by atoms with Gasteiger partial charge < -0.3 is 0 Å². The first-order chi connectivity index (χ1) is 10.1. The molecule has 0 saturated heterocycles. The summed E-state index contributed by atoms with van der Waals surface area (Å²) in [5.41, 5.74) is -0.420. The molecule has 1 aromatic rings. The van der Waals surface area contributed by atoms with Gasteiger partial charge in [0.15, 0.2) is 0 Å². The monoisotopic (exact) mass is 486 g/mol. The number of aryl methyl sites for hydroxylation is 1. The highest BCUT2D eigenvalue weighted by atomic mass is 79.9. The van der Waals surface area contributed by atoms with Crippen LogP contribution >= 0.6 is 47.8 Å². The number of unbranched alkanes of at least 4 members (excludes halogenated alkanes) is 4. The summed E-state index contributed by atoms with van der Waals surface area (Å²) in [6.45, 7) is 1.15. The van der Waals surface area contributed by atoms with Crippen molar-refractivity contribution in [1.29, 1.82) is 0 Å². The van der Waals surface area contributed by atoms with Gasteiger partial charge in [-0.3, -0.25) is 13.9 Å². The van der Waals surface area contributed by atoms with E-state index in [1.165, 1.54) is 4.57 Å². The molecule has 0 atom stereocenters. The third-order valence-corrected chi connectivity index (χ3v) is 4.91. The molecule has 0 fully saturated rings. The van der Waals surface area contributed by atoms with E-state index >= 15 is 0 Å². The Morgan fingerprint density at radius 1 is 0.857 bits per heavy atom. The predicted molar refractivity (Wildman–Crippen MR) is 98.0 cm³/mol. The number of hydrogen-bond acceptors (Lipinski definition) is 2. The topological polar surface area (TPSA) is 44.0 Å². The van der Waals surface area contributed by atoms with Crippen molar-refractivity contribution in [2.45, 2.75) is 51.6 Å². The summed E-state index contributed by atoms with van der Waals surface area (Å²) in [5, 5.41) is 1.94. The maximum absolute atomic E-state index is 12.4. The Morgan fingerprint density at radius 2 is 1.43 bits per heavy atom. The van der Waals surface area contributed by atoms with Crippen LogP contribution < -0.4 is 11.2 Å². The van der Waals surface area contributed by atoms with E-state index in [1.807, 2.05) is 0 Å². The normalized spacial score (nSPS) is 11.0. The van der Waals surface area contributed by atoms with Crippen molar-refractivity contribution in [3.05, 3.63) is 31.5 Å². The van der Waals surface area contributed by atoms with Gasteiger partial charge in [-0.05, 0) is 41.6 Å². The number of alkyl halides is 2. The summed E-state index contributed by atoms with van der Waals surface area (Å²) in [5.74, 6) is 0. The fourth-order valence-electron chi connectivity index (χ4n) is 2.07. The van der Waals surface area contributed by atoms with E-state index in [4.69, 9.17) is 0 Å². The number of hydrogen-bond donors (Lipinski definition) is 0. The molecular formula is C14H21Br3N2O2. The molecule has 0 aliphatic heterocycles. The van der Waals surface area contributed by atoms with Crippen LogP contribution in [0, 0.1) is 0 Å². The highest BCUT2D eigenvalue weighted by Gasteiger charge is 2.09. The van der Waals surface area contributed by atoms with Gasteiger partial charge >= 0.3 is 5.69 Å². The Labute approximate surface area is 150 Å². The Bertz CT molecular complexity index is 540. The number of aromatic nitrogens is 2. The zero-order chi connectivity index (χ0) is 15.7. The van der Waals surface area contributed by atoms with E-state index in [9.17, 15) is 9.59 Å². The number of rotatable bonds is 10. The first-order valence-corrected chi connectivity index (χ1v) is 10.3. The van der Waals surface area contributed by atoms with Crippen molar-refractivity contribution in [3.8, 4) is 0 Å². The second-order valence-corrected chi connectivity index (χ2v) is 7.35. The Balaban J connectivity index is 2.79. The van der Waals surface area contributed by atoms with Crippen molar-refractivity contribution in [2.24, 2.45) is 0 Å². The fourth-order valence-corrected chi connectivity index (χ4v) is 3.32. The molecule has 1 aromatic heterocycles. The van der Waals surface area contributed by atoms with E-state index in [1.54, 1.807) is 10.8 Å². The summed E-state index contributed by atoms with van der Waals surface area (Å²) in [7, 11) is 0. The van der Waals surface area contributed by atoms with Crippen molar-refractivity contribution >= 4 is 47.8 Å². The zero-order valence-electron chi connectivity index (χ0n) is 12.0. The summed E-state index contributed by atoms with van der Waals surface area (Å²) in [6, 6.07) is 0. The molecular weight excluding hydrogens is 468 g/mol. The lowest BCUT2D eigenvalue weighted by molar-refractivity contribution is 0.503. The van der Waals surface area contributed by atoms with Crippen LogP contribution in [-0.2, 0) is 13.1 Å². The minimum absolute atomic E-state index is 0.194. The molecule has 4 nitrogen and oxygen atoms in total. The van der Waals surface area contributed by atoms with E-state index in [-0.39, 0.29) is 11.2 Å². The molecule has 1 rings (SSSR count). The SMILES string of the molecule is O=c1c(Br)cn(CCCCCBr)c(=O)n1CCCCCBr. The quantitative estimate of drug-likeness (QED) is 0.370. The average Bonchev–Trinajstić information content (AvgIpc) is 2.48. The van der Waals surface area contributed by atoms with Crippen LogP contribution in [0.3, 0.4) is 0 Å². The third kappa shape index (κ3) is 6.40. The maximum atomic E-state index is 12.4. The zero-order valence-corrected chi connectivity index (χ0v) is 16.8. The number of nitrogens with zero attached hydrogens (tertiary/aromatic N) is 2. The Hall–Kier alpha value is 0.120. The van der Waals surface area contributed by atoms with Gasteiger partial charge in [0.05, 0.1) is 4.47 Å². The standard InChI is InChI=1S/C14H21Br3N2O2/c15-7-3-1-5-9-18-11-12(17)13(20)19(14(18)21)10-6-2-4-8-16/h11H,1-10H2. The molecule has 0 spiro atoms. The van der Waals surface area contributed by atoms with Gasteiger partial charge in [0.1, 0.15) is 0 Å². The first-order valence-electron chi connectivity index (χ1n) is 7.23. The van der Waals surface area contributed by atoms with E-state index in [0.29, 0.717) is 17.6 Å². The van der Waals surface area contributed by atoms with Crippen LogP contribution in [0.4, 0.5) is 0 Å². The molecule has 0 bridgehead atoms.